The summed E-state index contributed by atoms with van der Waals surface area (Å²) in [5.74, 6) is 0.542. The molecule has 0 aliphatic rings. The van der Waals surface area contributed by atoms with Crippen LogP contribution in [-0.4, -0.2) is 7.11 Å². The lowest BCUT2D eigenvalue weighted by Gasteiger charge is -2.01. The molecule has 0 fully saturated rings. The monoisotopic (exact) mass is 167 g/mol. The standard InChI is InChI=1S/C8H6ClNO/c1-10-6-3-4-7(9)8(5-6)11-2/h3-5H,2H3. The molecule has 0 saturated heterocycles. The minimum atomic E-state index is 0.528. The van der Waals surface area contributed by atoms with E-state index in [0.717, 1.165) is 0 Å². The van der Waals surface area contributed by atoms with Gasteiger partial charge in [-0.25, -0.2) is 4.85 Å². The molecule has 0 aliphatic heterocycles. The Kier molecular flexibility index (Phi) is 2.35. The molecule has 0 heterocycles. The summed E-state index contributed by atoms with van der Waals surface area (Å²) in [4.78, 5) is 3.23. The molecular formula is C8H6ClNO. The van der Waals surface area contributed by atoms with Gasteiger partial charge in [-0.15, -0.1) is 0 Å². The molecule has 11 heavy (non-hydrogen) atoms. The van der Waals surface area contributed by atoms with Crippen LogP contribution in [0.4, 0.5) is 5.69 Å². The van der Waals surface area contributed by atoms with Gasteiger partial charge < -0.3 is 4.74 Å². The van der Waals surface area contributed by atoms with Crippen molar-refractivity contribution in [2.24, 2.45) is 0 Å². The van der Waals surface area contributed by atoms with E-state index in [9.17, 15) is 0 Å². The fraction of sp³-hybridized carbons (Fsp3) is 0.125. The molecule has 0 N–H and O–H groups in total. The fourth-order valence-electron chi connectivity index (χ4n) is 0.718. The molecule has 1 aromatic rings. The first-order valence-corrected chi connectivity index (χ1v) is 3.36. The second kappa shape index (κ2) is 3.27. The molecule has 1 aromatic carbocycles. The molecule has 0 radical (unpaired) electrons. The van der Waals surface area contributed by atoms with E-state index < -0.39 is 0 Å². The summed E-state index contributed by atoms with van der Waals surface area (Å²) in [6.07, 6.45) is 0. The van der Waals surface area contributed by atoms with Gasteiger partial charge in [0, 0.05) is 0 Å². The molecule has 0 spiro atoms. The van der Waals surface area contributed by atoms with E-state index in [1.807, 2.05) is 0 Å². The highest BCUT2D eigenvalue weighted by Crippen LogP contribution is 2.28. The summed E-state index contributed by atoms with van der Waals surface area (Å²) < 4.78 is 4.91. The maximum Gasteiger partial charge on any atom is 0.190 e. The maximum absolute atomic E-state index is 6.71. The van der Waals surface area contributed by atoms with Crippen molar-refractivity contribution in [3.63, 3.8) is 0 Å². The summed E-state index contributed by atoms with van der Waals surface area (Å²) >= 11 is 5.73. The molecule has 56 valence electrons. The van der Waals surface area contributed by atoms with Gasteiger partial charge in [0.2, 0.25) is 0 Å². The molecule has 0 aliphatic carbocycles. The number of hydrogen-bond acceptors (Lipinski definition) is 1. The third-order valence-electron chi connectivity index (χ3n) is 1.26. The second-order valence-corrected chi connectivity index (χ2v) is 2.34. The maximum atomic E-state index is 6.71. The second-order valence-electron chi connectivity index (χ2n) is 1.93. The van der Waals surface area contributed by atoms with Crippen molar-refractivity contribution in [2.45, 2.75) is 0 Å². The lowest BCUT2D eigenvalue weighted by atomic mass is 10.3. The third-order valence-corrected chi connectivity index (χ3v) is 1.58. The number of nitrogens with zero attached hydrogens (tertiary/aromatic N) is 1. The van der Waals surface area contributed by atoms with Crippen molar-refractivity contribution in [1.29, 1.82) is 0 Å². The summed E-state index contributed by atoms with van der Waals surface area (Å²) in [5, 5.41) is 0.528. The Morgan fingerprint density at radius 3 is 2.82 bits per heavy atom. The lowest BCUT2D eigenvalue weighted by molar-refractivity contribution is 0.415. The van der Waals surface area contributed by atoms with E-state index in [4.69, 9.17) is 22.9 Å². The smallest absolute Gasteiger partial charge is 0.190 e. The molecule has 0 unspecified atom stereocenters. The highest BCUT2D eigenvalue weighted by molar-refractivity contribution is 6.32. The SMILES string of the molecule is [C-]#[N+]c1ccc(Cl)c(OC)c1. The van der Waals surface area contributed by atoms with Crippen molar-refractivity contribution in [3.8, 4) is 5.75 Å². The Hall–Kier alpha value is -1.20. The van der Waals surface area contributed by atoms with Gasteiger partial charge in [-0.05, 0) is 6.07 Å². The Morgan fingerprint density at radius 2 is 2.27 bits per heavy atom. The normalized spacial score (nSPS) is 8.82. The summed E-state index contributed by atoms with van der Waals surface area (Å²) in [6.45, 7) is 6.71. The fourth-order valence-corrected chi connectivity index (χ4v) is 0.913. The van der Waals surface area contributed by atoms with E-state index in [1.165, 1.54) is 7.11 Å². The van der Waals surface area contributed by atoms with Crippen LogP contribution in [0, 0.1) is 6.57 Å². The van der Waals surface area contributed by atoms with E-state index in [2.05, 4.69) is 4.85 Å². The van der Waals surface area contributed by atoms with Gasteiger partial charge in [0.05, 0.1) is 18.7 Å². The van der Waals surface area contributed by atoms with Crippen LogP contribution in [0.15, 0.2) is 18.2 Å². The number of benzene rings is 1. The average Bonchev–Trinajstić information content (AvgIpc) is 2.05. The van der Waals surface area contributed by atoms with E-state index in [0.29, 0.717) is 16.5 Å². The van der Waals surface area contributed by atoms with E-state index in [1.54, 1.807) is 18.2 Å². The number of halogens is 1. The lowest BCUT2D eigenvalue weighted by Crippen LogP contribution is -1.81. The Morgan fingerprint density at radius 1 is 1.55 bits per heavy atom. The zero-order valence-electron chi connectivity index (χ0n) is 5.97. The van der Waals surface area contributed by atoms with Crippen LogP contribution in [0.3, 0.4) is 0 Å². The van der Waals surface area contributed by atoms with Gasteiger partial charge >= 0.3 is 0 Å². The highest BCUT2D eigenvalue weighted by Gasteiger charge is 1.99. The van der Waals surface area contributed by atoms with Crippen molar-refractivity contribution in [2.75, 3.05) is 7.11 Å². The van der Waals surface area contributed by atoms with Gasteiger partial charge in [-0.3, -0.25) is 0 Å². The van der Waals surface area contributed by atoms with Gasteiger partial charge in [0.25, 0.3) is 0 Å². The first kappa shape index (κ1) is 7.90. The number of hydrogen-bond donors (Lipinski definition) is 0. The zero-order chi connectivity index (χ0) is 8.27. The van der Waals surface area contributed by atoms with Crippen LogP contribution in [0.2, 0.25) is 5.02 Å². The molecule has 0 amide bonds. The van der Waals surface area contributed by atoms with Gasteiger partial charge in [-0.1, -0.05) is 23.7 Å². The molecular weight excluding hydrogens is 162 g/mol. The average molecular weight is 168 g/mol. The molecule has 0 atom stereocenters. The number of methoxy groups -OCH3 is 1. The Bertz CT molecular complexity index is 303. The van der Waals surface area contributed by atoms with Gasteiger partial charge in [0.1, 0.15) is 5.75 Å². The predicted molar refractivity (Wildman–Crippen MR) is 44.3 cm³/mol. The minimum absolute atomic E-state index is 0.528. The summed E-state index contributed by atoms with van der Waals surface area (Å²) in [7, 11) is 1.52. The minimum Gasteiger partial charge on any atom is -0.497 e. The van der Waals surface area contributed by atoms with Crippen LogP contribution in [-0.2, 0) is 0 Å². The van der Waals surface area contributed by atoms with Crippen molar-refractivity contribution in [3.05, 3.63) is 34.6 Å². The molecule has 1 rings (SSSR count). The van der Waals surface area contributed by atoms with Gasteiger partial charge in [-0.2, -0.15) is 0 Å². The van der Waals surface area contributed by atoms with Crippen LogP contribution < -0.4 is 4.74 Å². The first-order chi connectivity index (χ1) is 5.27. The first-order valence-electron chi connectivity index (χ1n) is 2.99. The molecule has 0 bridgehead atoms. The zero-order valence-corrected chi connectivity index (χ0v) is 6.72. The quantitative estimate of drug-likeness (QED) is 0.587. The van der Waals surface area contributed by atoms with Crippen LogP contribution >= 0.6 is 11.6 Å². The molecule has 2 nitrogen and oxygen atoms in total. The Labute approximate surface area is 70.2 Å². The summed E-state index contributed by atoms with van der Waals surface area (Å²) in [6, 6.07) is 4.90. The van der Waals surface area contributed by atoms with Crippen molar-refractivity contribution >= 4 is 17.3 Å². The number of ether oxygens (including phenoxy) is 1. The van der Waals surface area contributed by atoms with E-state index >= 15 is 0 Å². The van der Waals surface area contributed by atoms with Crippen LogP contribution in [0.1, 0.15) is 0 Å². The van der Waals surface area contributed by atoms with Gasteiger partial charge in [0.15, 0.2) is 5.69 Å². The number of rotatable bonds is 1. The summed E-state index contributed by atoms with van der Waals surface area (Å²) in [5.41, 5.74) is 0.534. The molecule has 0 saturated carbocycles. The van der Waals surface area contributed by atoms with Crippen LogP contribution in [0.5, 0.6) is 5.75 Å². The molecule has 0 aromatic heterocycles. The molecule has 3 heteroatoms. The third kappa shape index (κ3) is 1.63. The highest BCUT2D eigenvalue weighted by atomic mass is 35.5. The van der Waals surface area contributed by atoms with E-state index in [-0.39, 0.29) is 0 Å². The topological polar surface area (TPSA) is 13.6 Å². The van der Waals surface area contributed by atoms with Crippen molar-refractivity contribution in [1.82, 2.24) is 0 Å². The largest absolute Gasteiger partial charge is 0.497 e. The predicted octanol–water partition coefficient (Wildman–Crippen LogP) is 2.90. The van der Waals surface area contributed by atoms with Crippen molar-refractivity contribution < 1.29 is 4.74 Å². The Balaban J connectivity index is 3.15. The van der Waals surface area contributed by atoms with Crippen LogP contribution in [0.25, 0.3) is 4.85 Å².